The van der Waals surface area contributed by atoms with Crippen LogP contribution in [0.3, 0.4) is 0 Å². The molecule has 0 aliphatic rings. The molecule has 0 aliphatic carbocycles. The fourth-order valence-corrected chi connectivity index (χ4v) is 1.88. The number of aryl methyl sites for hydroxylation is 1. The lowest BCUT2D eigenvalue weighted by atomic mass is 10.1. The number of carbonyl (C=O) groups excluding carboxylic acids is 1. The lowest BCUT2D eigenvalue weighted by Crippen LogP contribution is -2.40. The molecule has 0 saturated heterocycles. The van der Waals surface area contributed by atoms with E-state index in [4.69, 9.17) is 4.74 Å². The van der Waals surface area contributed by atoms with Gasteiger partial charge >= 0.3 is 0 Å². The first kappa shape index (κ1) is 19.0. The summed E-state index contributed by atoms with van der Waals surface area (Å²) in [6.45, 7) is 2.17. The summed E-state index contributed by atoms with van der Waals surface area (Å²) >= 11 is 0. The summed E-state index contributed by atoms with van der Waals surface area (Å²) in [4.78, 5) is 17.5. The number of hydrogen-bond donors (Lipinski definition) is 2. The maximum Gasteiger partial charge on any atom is 0.243 e. The van der Waals surface area contributed by atoms with Crippen molar-refractivity contribution < 1.29 is 9.53 Å². The van der Waals surface area contributed by atoms with Crippen LogP contribution in [0.15, 0.2) is 35.3 Å². The topological polar surface area (TPSA) is 66.0 Å². The van der Waals surface area contributed by atoms with Crippen LogP contribution in [0.1, 0.15) is 12.0 Å². The summed E-state index contributed by atoms with van der Waals surface area (Å²) in [5, 5.41) is 6.41. The van der Waals surface area contributed by atoms with Crippen molar-refractivity contribution in [3.8, 4) is 0 Å². The van der Waals surface area contributed by atoms with Crippen LogP contribution >= 0.6 is 0 Å². The van der Waals surface area contributed by atoms with E-state index in [1.54, 1.807) is 21.2 Å². The number of likely N-dealkylation sites (N-methyl/N-ethyl adjacent to an activating group) is 1. The first-order valence-electron chi connectivity index (χ1n) is 7.88. The normalized spacial score (nSPS) is 11.2. The van der Waals surface area contributed by atoms with Crippen molar-refractivity contribution in [2.75, 3.05) is 47.4 Å². The first-order valence-corrected chi connectivity index (χ1v) is 7.88. The Balaban J connectivity index is 2.38. The van der Waals surface area contributed by atoms with Crippen LogP contribution in [0.25, 0.3) is 0 Å². The fraction of sp³-hybridized carbons (Fsp3) is 0.529. The monoisotopic (exact) mass is 320 g/mol. The van der Waals surface area contributed by atoms with Crippen molar-refractivity contribution in [1.82, 2.24) is 15.5 Å². The predicted molar refractivity (Wildman–Crippen MR) is 93.6 cm³/mol. The molecule has 0 saturated carbocycles. The molecule has 1 aromatic carbocycles. The van der Waals surface area contributed by atoms with Crippen molar-refractivity contribution in [3.05, 3.63) is 35.9 Å². The molecule has 128 valence electrons. The van der Waals surface area contributed by atoms with E-state index in [0.29, 0.717) is 19.1 Å². The number of aliphatic imine (C=N–C) groups is 1. The Morgan fingerprint density at radius 1 is 1.17 bits per heavy atom. The van der Waals surface area contributed by atoms with Gasteiger partial charge in [-0.2, -0.15) is 0 Å². The fourth-order valence-electron chi connectivity index (χ4n) is 1.88. The van der Waals surface area contributed by atoms with Gasteiger partial charge in [-0.25, -0.2) is 4.99 Å². The smallest absolute Gasteiger partial charge is 0.243 e. The Labute approximate surface area is 138 Å². The van der Waals surface area contributed by atoms with Gasteiger partial charge in [0.2, 0.25) is 5.91 Å². The van der Waals surface area contributed by atoms with Gasteiger partial charge in [-0.1, -0.05) is 30.3 Å². The maximum atomic E-state index is 11.6. The molecule has 0 atom stereocenters. The van der Waals surface area contributed by atoms with E-state index in [-0.39, 0.29) is 12.5 Å². The highest BCUT2D eigenvalue weighted by Gasteiger charge is 2.04. The molecule has 6 nitrogen and oxygen atoms in total. The van der Waals surface area contributed by atoms with Gasteiger partial charge < -0.3 is 20.3 Å². The number of hydrogen-bond acceptors (Lipinski definition) is 3. The van der Waals surface area contributed by atoms with E-state index >= 15 is 0 Å². The Morgan fingerprint density at radius 2 is 1.87 bits per heavy atom. The second kappa shape index (κ2) is 11.5. The minimum Gasteiger partial charge on any atom is -0.383 e. The third kappa shape index (κ3) is 8.83. The van der Waals surface area contributed by atoms with Crippen molar-refractivity contribution >= 4 is 11.9 Å². The van der Waals surface area contributed by atoms with Crippen LogP contribution in [-0.4, -0.2) is 64.2 Å². The number of carbonyl (C=O) groups is 1. The van der Waals surface area contributed by atoms with E-state index in [9.17, 15) is 4.79 Å². The molecule has 2 N–H and O–H groups in total. The third-order valence-electron chi connectivity index (χ3n) is 3.25. The molecule has 6 heteroatoms. The third-order valence-corrected chi connectivity index (χ3v) is 3.25. The number of methoxy groups -OCH3 is 1. The number of guanidine groups is 1. The van der Waals surface area contributed by atoms with Crippen LogP contribution in [0.4, 0.5) is 0 Å². The minimum atomic E-state index is -0.0258. The minimum absolute atomic E-state index is 0.0258. The van der Waals surface area contributed by atoms with Crippen LogP contribution in [-0.2, 0) is 16.0 Å². The van der Waals surface area contributed by atoms with Gasteiger partial charge in [0.1, 0.15) is 6.54 Å². The van der Waals surface area contributed by atoms with Crippen LogP contribution in [0, 0.1) is 0 Å². The van der Waals surface area contributed by atoms with Gasteiger partial charge in [0.25, 0.3) is 0 Å². The molecule has 1 aromatic rings. The van der Waals surface area contributed by atoms with Crippen molar-refractivity contribution in [2.24, 2.45) is 4.99 Å². The highest BCUT2D eigenvalue weighted by molar-refractivity contribution is 5.84. The summed E-state index contributed by atoms with van der Waals surface area (Å²) in [5.74, 6) is 0.618. The number of ether oxygens (including phenoxy) is 1. The maximum absolute atomic E-state index is 11.6. The standard InChI is InChI=1S/C17H28N4O2/c1-21(2)16(22)14-20-17(19-12-13-23-3)18-11-7-10-15-8-5-4-6-9-15/h4-6,8-9H,7,10-14H2,1-3H3,(H2,18,19,20). The zero-order chi connectivity index (χ0) is 16.9. The van der Waals surface area contributed by atoms with Crippen LogP contribution in [0.5, 0.6) is 0 Å². The second-order valence-electron chi connectivity index (χ2n) is 5.39. The highest BCUT2D eigenvalue weighted by atomic mass is 16.5. The van der Waals surface area contributed by atoms with E-state index in [1.807, 2.05) is 6.07 Å². The first-order chi connectivity index (χ1) is 11.1. The molecular formula is C17H28N4O2. The summed E-state index contributed by atoms with van der Waals surface area (Å²) in [5.41, 5.74) is 1.32. The Morgan fingerprint density at radius 3 is 2.52 bits per heavy atom. The van der Waals surface area contributed by atoms with E-state index in [1.165, 1.54) is 10.5 Å². The van der Waals surface area contributed by atoms with Gasteiger partial charge in [-0.3, -0.25) is 4.79 Å². The Bertz CT molecular complexity index is 475. The lowest BCUT2D eigenvalue weighted by molar-refractivity contribution is -0.127. The van der Waals surface area contributed by atoms with Crippen molar-refractivity contribution in [2.45, 2.75) is 12.8 Å². The van der Waals surface area contributed by atoms with Crippen LogP contribution < -0.4 is 10.6 Å². The zero-order valence-corrected chi connectivity index (χ0v) is 14.3. The number of amides is 1. The molecule has 0 unspecified atom stereocenters. The SMILES string of the molecule is COCCNC(=NCC(=O)N(C)C)NCCCc1ccccc1. The largest absolute Gasteiger partial charge is 0.383 e. The van der Waals surface area contributed by atoms with Crippen molar-refractivity contribution in [1.29, 1.82) is 0 Å². The van der Waals surface area contributed by atoms with E-state index < -0.39 is 0 Å². The molecule has 0 aliphatic heterocycles. The summed E-state index contributed by atoms with van der Waals surface area (Å²) in [7, 11) is 5.10. The molecular weight excluding hydrogens is 292 g/mol. The summed E-state index contributed by atoms with van der Waals surface area (Å²) < 4.78 is 5.02. The average Bonchev–Trinajstić information content (AvgIpc) is 2.56. The molecule has 0 radical (unpaired) electrons. The highest BCUT2D eigenvalue weighted by Crippen LogP contribution is 2.01. The van der Waals surface area contributed by atoms with Gasteiger partial charge in [0.15, 0.2) is 5.96 Å². The molecule has 0 aromatic heterocycles. The predicted octanol–water partition coefficient (Wildman–Crippen LogP) is 0.889. The van der Waals surface area contributed by atoms with Crippen molar-refractivity contribution in [3.63, 3.8) is 0 Å². The Kier molecular flexibility index (Phi) is 9.47. The van der Waals surface area contributed by atoms with Gasteiger partial charge in [0.05, 0.1) is 6.61 Å². The molecule has 1 amide bonds. The zero-order valence-electron chi connectivity index (χ0n) is 14.3. The van der Waals surface area contributed by atoms with Gasteiger partial charge in [-0.05, 0) is 18.4 Å². The number of benzene rings is 1. The molecule has 0 heterocycles. The van der Waals surface area contributed by atoms with Crippen LogP contribution in [0.2, 0.25) is 0 Å². The molecule has 0 spiro atoms. The Hall–Kier alpha value is -2.08. The summed E-state index contributed by atoms with van der Waals surface area (Å²) in [6, 6.07) is 10.4. The quantitative estimate of drug-likeness (QED) is 0.403. The number of rotatable bonds is 9. The average molecular weight is 320 g/mol. The molecule has 0 fully saturated rings. The van der Waals surface area contributed by atoms with E-state index in [2.05, 4.69) is 39.9 Å². The van der Waals surface area contributed by atoms with Gasteiger partial charge in [-0.15, -0.1) is 0 Å². The number of nitrogens with one attached hydrogen (secondary N) is 2. The molecule has 1 rings (SSSR count). The molecule has 0 bridgehead atoms. The lowest BCUT2D eigenvalue weighted by Gasteiger charge is -2.13. The number of nitrogens with zero attached hydrogens (tertiary/aromatic N) is 2. The van der Waals surface area contributed by atoms with E-state index in [0.717, 1.165) is 19.4 Å². The molecule has 23 heavy (non-hydrogen) atoms. The van der Waals surface area contributed by atoms with Gasteiger partial charge in [0, 0.05) is 34.3 Å². The second-order valence-corrected chi connectivity index (χ2v) is 5.39. The summed E-state index contributed by atoms with van der Waals surface area (Å²) in [6.07, 6.45) is 2.01.